The predicted molar refractivity (Wildman–Crippen MR) is 127 cm³/mol. The van der Waals surface area contributed by atoms with Gasteiger partial charge in [0.1, 0.15) is 0 Å². The Labute approximate surface area is 192 Å². The lowest BCUT2D eigenvalue weighted by molar-refractivity contribution is -0.130. The number of fused-ring (bicyclic) bond motifs is 2. The second-order valence-electron chi connectivity index (χ2n) is 7.70. The minimum absolute atomic E-state index is 0.165. The summed E-state index contributed by atoms with van der Waals surface area (Å²) < 4.78 is 10.7. The first kappa shape index (κ1) is 22.2. The van der Waals surface area contributed by atoms with Crippen molar-refractivity contribution in [3.63, 3.8) is 0 Å². The first-order valence-electron chi connectivity index (χ1n) is 10.7. The van der Waals surface area contributed by atoms with Crippen molar-refractivity contribution < 1.29 is 23.9 Å². The van der Waals surface area contributed by atoms with Crippen LogP contribution in [0.4, 0.5) is 5.69 Å². The molecule has 7 heteroatoms. The Bertz CT molecular complexity index is 1220. The van der Waals surface area contributed by atoms with Gasteiger partial charge in [-0.1, -0.05) is 42.5 Å². The van der Waals surface area contributed by atoms with Crippen LogP contribution in [0.1, 0.15) is 22.8 Å². The first-order chi connectivity index (χ1) is 16.1. The minimum atomic E-state index is -0.488. The third-order valence-electron chi connectivity index (χ3n) is 5.88. The van der Waals surface area contributed by atoms with E-state index >= 15 is 0 Å². The number of ketones is 1. The summed E-state index contributed by atoms with van der Waals surface area (Å²) >= 11 is 0. The molecule has 0 saturated heterocycles. The predicted octanol–water partition coefficient (Wildman–Crippen LogP) is 4.05. The average Bonchev–Trinajstić information content (AvgIpc) is 2.85. The highest BCUT2D eigenvalue weighted by Crippen LogP contribution is 2.40. The molecule has 33 heavy (non-hydrogen) atoms. The lowest BCUT2D eigenvalue weighted by Crippen LogP contribution is -2.42. The molecule has 1 atom stereocenters. The van der Waals surface area contributed by atoms with Crippen LogP contribution in [-0.2, 0) is 16.1 Å². The number of benzene rings is 3. The Morgan fingerprint density at radius 3 is 2.52 bits per heavy atom. The van der Waals surface area contributed by atoms with E-state index in [1.165, 1.54) is 35.6 Å². The molecule has 1 aliphatic rings. The topological polar surface area (TPSA) is 77.1 Å². The fourth-order valence-corrected chi connectivity index (χ4v) is 4.19. The smallest absolute Gasteiger partial charge is 0.320 e. The SMILES string of the molecule is COc1cc2c(cc1OC)N(OC=O)C(C)C(=CNCCc1cccc3ccccc13)C2=O. The Kier molecular flexibility index (Phi) is 6.49. The molecule has 0 aromatic heterocycles. The maximum absolute atomic E-state index is 13.3. The summed E-state index contributed by atoms with van der Waals surface area (Å²) in [6, 6.07) is 17.3. The van der Waals surface area contributed by atoms with Crippen molar-refractivity contribution in [3.8, 4) is 11.5 Å². The highest BCUT2D eigenvalue weighted by Gasteiger charge is 2.36. The summed E-state index contributed by atoms with van der Waals surface area (Å²) in [5.41, 5.74) is 2.53. The molecule has 0 saturated carbocycles. The van der Waals surface area contributed by atoms with Crippen molar-refractivity contribution in [1.82, 2.24) is 5.32 Å². The Balaban J connectivity index is 1.58. The molecule has 1 unspecified atom stereocenters. The zero-order valence-corrected chi connectivity index (χ0v) is 18.8. The van der Waals surface area contributed by atoms with Gasteiger partial charge in [0, 0.05) is 24.4 Å². The van der Waals surface area contributed by atoms with E-state index in [-0.39, 0.29) is 5.78 Å². The summed E-state index contributed by atoms with van der Waals surface area (Å²) in [7, 11) is 3.01. The number of nitrogens with zero attached hydrogens (tertiary/aromatic N) is 1. The number of hydroxylamine groups is 1. The van der Waals surface area contributed by atoms with Gasteiger partial charge in [-0.05, 0) is 35.7 Å². The number of carbonyl (C=O) groups excluding carboxylic acids is 2. The number of nitrogens with one attached hydrogen (secondary N) is 1. The Morgan fingerprint density at radius 2 is 1.76 bits per heavy atom. The van der Waals surface area contributed by atoms with E-state index in [9.17, 15) is 9.59 Å². The van der Waals surface area contributed by atoms with Crippen LogP contribution in [0.5, 0.6) is 11.5 Å². The molecule has 0 fully saturated rings. The fourth-order valence-electron chi connectivity index (χ4n) is 4.19. The Morgan fingerprint density at radius 1 is 1.03 bits per heavy atom. The van der Waals surface area contributed by atoms with Crippen molar-refractivity contribution in [2.24, 2.45) is 0 Å². The van der Waals surface area contributed by atoms with Crippen LogP contribution in [0.15, 0.2) is 66.4 Å². The van der Waals surface area contributed by atoms with Crippen LogP contribution >= 0.6 is 0 Å². The number of ether oxygens (including phenoxy) is 2. The summed E-state index contributed by atoms with van der Waals surface area (Å²) in [5.74, 6) is 0.701. The van der Waals surface area contributed by atoms with E-state index in [2.05, 4.69) is 35.6 Å². The van der Waals surface area contributed by atoms with Gasteiger partial charge in [0.05, 0.1) is 31.5 Å². The second kappa shape index (κ2) is 9.65. The number of anilines is 1. The van der Waals surface area contributed by atoms with Crippen molar-refractivity contribution in [3.05, 3.63) is 77.5 Å². The molecule has 3 aromatic carbocycles. The van der Waals surface area contributed by atoms with Gasteiger partial charge in [0.15, 0.2) is 17.3 Å². The van der Waals surface area contributed by atoms with Crippen molar-refractivity contribution in [1.29, 1.82) is 0 Å². The second-order valence-corrected chi connectivity index (χ2v) is 7.70. The van der Waals surface area contributed by atoms with Gasteiger partial charge in [-0.3, -0.25) is 9.59 Å². The summed E-state index contributed by atoms with van der Waals surface area (Å²) in [6.07, 6.45) is 2.50. The maximum atomic E-state index is 13.3. The number of hydrogen-bond donors (Lipinski definition) is 1. The molecule has 0 aliphatic carbocycles. The van der Waals surface area contributed by atoms with E-state index in [1.807, 2.05) is 12.1 Å². The third-order valence-corrected chi connectivity index (χ3v) is 5.88. The molecule has 3 aromatic rings. The molecule has 1 heterocycles. The van der Waals surface area contributed by atoms with Crippen LogP contribution in [-0.4, -0.2) is 39.1 Å². The van der Waals surface area contributed by atoms with Crippen LogP contribution in [0, 0.1) is 0 Å². The molecule has 0 bridgehead atoms. The van der Waals surface area contributed by atoms with Crippen LogP contribution < -0.4 is 19.9 Å². The summed E-state index contributed by atoms with van der Waals surface area (Å²) in [5, 5.41) is 7.09. The first-order valence-corrected chi connectivity index (χ1v) is 10.7. The summed E-state index contributed by atoms with van der Waals surface area (Å²) in [4.78, 5) is 29.7. The number of rotatable bonds is 8. The number of methoxy groups -OCH3 is 2. The molecular weight excluding hydrogens is 420 g/mol. The molecule has 170 valence electrons. The van der Waals surface area contributed by atoms with E-state index in [0.29, 0.717) is 41.3 Å². The van der Waals surface area contributed by atoms with E-state index in [1.54, 1.807) is 25.3 Å². The fraction of sp³-hybridized carbons (Fsp3) is 0.231. The van der Waals surface area contributed by atoms with E-state index in [0.717, 1.165) is 6.42 Å². The van der Waals surface area contributed by atoms with Gasteiger partial charge in [0.2, 0.25) is 0 Å². The largest absolute Gasteiger partial charge is 0.493 e. The van der Waals surface area contributed by atoms with Crippen LogP contribution in [0.25, 0.3) is 10.8 Å². The summed E-state index contributed by atoms with van der Waals surface area (Å²) in [6.45, 7) is 2.79. The van der Waals surface area contributed by atoms with Gasteiger partial charge < -0.3 is 19.6 Å². The number of carbonyl (C=O) groups is 2. The zero-order chi connectivity index (χ0) is 23.4. The third kappa shape index (κ3) is 4.22. The lowest BCUT2D eigenvalue weighted by Gasteiger charge is -2.35. The van der Waals surface area contributed by atoms with Gasteiger partial charge >= 0.3 is 6.47 Å². The highest BCUT2D eigenvalue weighted by molar-refractivity contribution is 6.15. The quantitative estimate of drug-likeness (QED) is 0.318. The van der Waals surface area contributed by atoms with E-state index in [4.69, 9.17) is 14.3 Å². The highest BCUT2D eigenvalue weighted by atomic mass is 16.7. The average molecular weight is 447 g/mol. The van der Waals surface area contributed by atoms with Gasteiger partial charge in [-0.15, -0.1) is 0 Å². The minimum Gasteiger partial charge on any atom is -0.493 e. The standard InChI is InChI=1S/C26H26N2O5/c1-17-22(15-27-12-11-19-9-6-8-18-7-4-5-10-20(18)19)26(30)21-13-24(31-2)25(32-3)14-23(21)28(17)33-16-29/h4-10,13-17,27H,11-12H2,1-3H3. The lowest BCUT2D eigenvalue weighted by atomic mass is 9.92. The van der Waals surface area contributed by atoms with Crippen LogP contribution in [0.3, 0.4) is 0 Å². The molecule has 0 radical (unpaired) electrons. The van der Waals surface area contributed by atoms with Crippen molar-refractivity contribution >= 4 is 28.7 Å². The molecule has 0 amide bonds. The molecule has 1 aliphatic heterocycles. The van der Waals surface area contributed by atoms with Crippen molar-refractivity contribution in [2.45, 2.75) is 19.4 Å². The molecule has 4 rings (SSSR count). The number of hydrogen-bond acceptors (Lipinski definition) is 7. The van der Waals surface area contributed by atoms with Gasteiger partial charge in [0.25, 0.3) is 0 Å². The van der Waals surface area contributed by atoms with Gasteiger partial charge in [-0.2, -0.15) is 5.06 Å². The molecule has 0 spiro atoms. The maximum Gasteiger partial charge on any atom is 0.320 e. The molecule has 1 N–H and O–H groups in total. The van der Waals surface area contributed by atoms with E-state index < -0.39 is 6.04 Å². The molecular formula is C26H26N2O5. The zero-order valence-electron chi connectivity index (χ0n) is 18.8. The van der Waals surface area contributed by atoms with Gasteiger partial charge in [-0.25, -0.2) is 0 Å². The monoisotopic (exact) mass is 446 g/mol. The Hall–Kier alpha value is -4.00. The number of Topliss-reactive ketones (excluding diaryl/α,β-unsaturated/α-hetero) is 1. The van der Waals surface area contributed by atoms with Crippen LogP contribution in [0.2, 0.25) is 0 Å². The molecule has 7 nitrogen and oxygen atoms in total. The normalized spacial score (nSPS) is 16.5. The van der Waals surface area contributed by atoms with Crippen molar-refractivity contribution in [2.75, 3.05) is 25.8 Å².